The van der Waals surface area contributed by atoms with E-state index in [0.717, 1.165) is 4.31 Å². The number of halogens is 3. The van der Waals surface area contributed by atoms with Crippen LogP contribution in [-0.4, -0.2) is 21.4 Å². The van der Waals surface area contributed by atoms with Crippen LogP contribution in [0.1, 0.15) is 15.9 Å². The molecule has 0 heterocycles. The Morgan fingerprint density at radius 3 is 2.33 bits per heavy atom. The Bertz CT molecular complexity index is 1200. The molecule has 0 spiro atoms. The molecule has 3 aromatic rings. The van der Waals surface area contributed by atoms with Gasteiger partial charge in [0.15, 0.2) is 0 Å². The minimum Gasteiger partial charge on any atom is -0.457 e. The molecule has 0 aromatic heterocycles. The first-order valence-corrected chi connectivity index (χ1v) is 11.2. The molecule has 3 rings (SSSR count). The minimum atomic E-state index is -3.91. The van der Waals surface area contributed by atoms with Gasteiger partial charge in [0.1, 0.15) is 6.61 Å². The van der Waals surface area contributed by atoms with Crippen molar-refractivity contribution >= 4 is 56.5 Å². The third-order valence-corrected chi connectivity index (χ3v) is 6.88. The predicted molar refractivity (Wildman–Crippen MR) is 119 cm³/mol. The second-order valence-electron chi connectivity index (χ2n) is 6.29. The maximum atomic E-state index is 13.0. The van der Waals surface area contributed by atoms with Crippen LogP contribution in [0.5, 0.6) is 0 Å². The lowest BCUT2D eigenvalue weighted by Gasteiger charge is -2.20. The van der Waals surface area contributed by atoms with Gasteiger partial charge in [-0.2, -0.15) is 0 Å². The predicted octanol–water partition coefficient (Wildman–Crippen LogP) is 5.83. The van der Waals surface area contributed by atoms with Crippen molar-refractivity contribution in [2.45, 2.75) is 11.5 Å². The van der Waals surface area contributed by atoms with Crippen molar-refractivity contribution < 1.29 is 17.9 Å². The average Bonchev–Trinajstić information content (AvgIpc) is 2.72. The Morgan fingerprint density at radius 2 is 1.63 bits per heavy atom. The van der Waals surface area contributed by atoms with Crippen LogP contribution in [0.2, 0.25) is 15.1 Å². The number of esters is 1. The Kier molecular flexibility index (Phi) is 6.93. The van der Waals surface area contributed by atoms with E-state index in [-0.39, 0.29) is 17.1 Å². The summed E-state index contributed by atoms with van der Waals surface area (Å²) in [6, 6.07) is 16.9. The molecular weight excluding hydrogens is 469 g/mol. The summed E-state index contributed by atoms with van der Waals surface area (Å²) < 4.78 is 32.3. The van der Waals surface area contributed by atoms with Gasteiger partial charge in [-0.3, -0.25) is 4.31 Å². The zero-order valence-corrected chi connectivity index (χ0v) is 18.8. The van der Waals surface area contributed by atoms with E-state index in [2.05, 4.69) is 0 Å². The van der Waals surface area contributed by atoms with Crippen LogP contribution in [0.15, 0.2) is 71.6 Å². The molecule has 0 aliphatic carbocycles. The summed E-state index contributed by atoms with van der Waals surface area (Å²) in [5.41, 5.74) is 1.08. The number of nitrogens with zero attached hydrogens (tertiary/aromatic N) is 1. The lowest BCUT2D eigenvalue weighted by atomic mass is 10.2. The number of ether oxygens (including phenoxy) is 1. The highest BCUT2D eigenvalue weighted by Crippen LogP contribution is 2.26. The van der Waals surface area contributed by atoms with Crippen LogP contribution in [0.3, 0.4) is 0 Å². The number of carbonyl (C=O) groups excluding carboxylic acids is 1. The van der Waals surface area contributed by atoms with Gasteiger partial charge in [-0.25, -0.2) is 13.2 Å². The molecule has 3 aromatic carbocycles. The number of benzene rings is 3. The number of hydrogen-bond donors (Lipinski definition) is 0. The Hall–Kier alpha value is -2.25. The number of anilines is 1. The maximum Gasteiger partial charge on any atom is 0.338 e. The quantitative estimate of drug-likeness (QED) is 0.413. The molecule has 0 atom stereocenters. The molecule has 0 saturated carbocycles. The second-order valence-corrected chi connectivity index (χ2v) is 9.54. The molecule has 0 aliphatic heterocycles. The van der Waals surface area contributed by atoms with Crippen molar-refractivity contribution in [3.05, 3.63) is 92.9 Å². The van der Waals surface area contributed by atoms with E-state index in [1.807, 2.05) is 0 Å². The molecule has 9 heteroatoms. The smallest absolute Gasteiger partial charge is 0.338 e. The van der Waals surface area contributed by atoms with Crippen LogP contribution < -0.4 is 4.31 Å². The molecule has 0 bridgehead atoms. The Labute approximate surface area is 189 Å². The standard InChI is InChI=1S/C21H16Cl3NO4S/c1-25(18-6-3-5-16(22)11-18)30(27,28)19-7-2-4-14(10-19)21(26)29-13-15-8-9-17(23)12-20(15)24/h2-12H,13H2,1H3. The van der Waals surface area contributed by atoms with Gasteiger partial charge in [0, 0.05) is 27.7 Å². The summed E-state index contributed by atoms with van der Waals surface area (Å²) in [6.07, 6.45) is 0. The van der Waals surface area contributed by atoms with Crippen molar-refractivity contribution in [2.24, 2.45) is 0 Å². The van der Waals surface area contributed by atoms with E-state index in [9.17, 15) is 13.2 Å². The molecule has 0 saturated heterocycles. The number of rotatable bonds is 6. The van der Waals surface area contributed by atoms with Crippen LogP contribution in [0, 0.1) is 0 Å². The van der Waals surface area contributed by atoms with Crippen LogP contribution in [-0.2, 0) is 21.4 Å². The Balaban J connectivity index is 1.80. The average molecular weight is 485 g/mol. The van der Waals surface area contributed by atoms with E-state index in [4.69, 9.17) is 39.5 Å². The highest BCUT2D eigenvalue weighted by atomic mass is 35.5. The largest absolute Gasteiger partial charge is 0.457 e. The van der Waals surface area contributed by atoms with E-state index in [1.165, 1.54) is 37.4 Å². The lowest BCUT2D eigenvalue weighted by molar-refractivity contribution is 0.0472. The summed E-state index contributed by atoms with van der Waals surface area (Å²) in [7, 11) is -2.50. The first-order valence-electron chi connectivity index (χ1n) is 8.64. The van der Waals surface area contributed by atoms with Gasteiger partial charge >= 0.3 is 5.97 Å². The van der Waals surface area contributed by atoms with Crippen LogP contribution in [0.4, 0.5) is 5.69 Å². The van der Waals surface area contributed by atoms with Crippen molar-refractivity contribution in [1.82, 2.24) is 0 Å². The normalized spacial score (nSPS) is 11.2. The monoisotopic (exact) mass is 483 g/mol. The van der Waals surface area contributed by atoms with Gasteiger partial charge in [-0.05, 0) is 48.5 Å². The molecule has 5 nitrogen and oxygen atoms in total. The lowest BCUT2D eigenvalue weighted by Crippen LogP contribution is -2.26. The SMILES string of the molecule is CN(c1cccc(Cl)c1)S(=O)(=O)c1cccc(C(=O)OCc2ccc(Cl)cc2Cl)c1. The van der Waals surface area contributed by atoms with Gasteiger partial charge in [0.2, 0.25) is 0 Å². The number of carbonyl (C=O) groups is 1. The highest BCUT2D eigenvalue weighted by molar-refractivity contribution is 7.92. The molecule has 0 N–H and O–H groups in total. The molecule has 0 fully saturated rings. The fourth-order valence-corrected chi connectivity index (χ4v) is 4.50. The van der Waals surface area contributed by atoms with Crippen molar-refractivity contribution in [3.63, 3.8) is 0 Å². The van der Waals surface area contributed by atoms with Crippen molar-refractivity contribution in [2.75, 3.05) is 11.4 Å². The third-order valence-electron chi connectivity index (χ3n) is 4.27. The van der Waals surface area contributed by atoms with Crippen molar-refractivity contribution in [3.8, 4) is 0 Å². The van der Waals surface area contributed by atoms with E-state index in [0.29, 0.717) is 26.3 Å². The summed E-state index contributed by atoms with van der Waals surface area (Å²) in [6.45, 7) is -0.0752. The number of hydrogen-bond acceptors (Lipinski definition) is 4. The van der Waals surface area contributed by atoms with Gasteiger partial charge in [0.25, 0.3) is 10.0 Å². The Morgan fingerprint density at radius 1 is 0.933 bits per heavy atom. The molecule has 156 valence electrons. The summed E-state index contributed by atoms with van der Waals surface area (Å²) in [4.78, 5) is 12.4. The van der Waals surface area contributed by atoms with Gasteiger partial charge in [0.05, 0.1) is 16.1 Å². The molecule has 30 heavy (non-hydrogen) atoms. The topological polar surface area (TPSA) is 63.7 Å². The molecule has 0 radical (unpaired) electrons. The minimum absolute atomic E-state index is 0.0519. The van der Waals surface area contributed by atoms with E-state index < -0.39 is 16.0 Å². The van der Waals surface area contributed by atoms with Gasteiger partial charge in [-0.1, -0.05) is 53.0 Å². The fourth-order valence-electron chi connectivity index (χ4n) is 2.62. The second kappa shape index (κ2) is 9.27. The summed E-state index contributed by atoms with van der Waals surface area (Å²) in [5, 5.41) is 1.25. The van der Waals surface area contributed by atoms with Gasteiger partial charge < -0.3 is 4.74 Å². The molecular formula is C21H16Cl3NO4S. The molecule has 0 amide bonds. The zero-order chi connectivity index (χ0) is 21.9. The highest BCUT2D eigenvalue weighted by Gasteiger charge is 2.23. The number of sulfonamides is 1. The molecule has 0 unspecified atom stereocenters. The van der Waals surface area contributed by atoms with Crippen molar-refractivity contribution in [1.29, 1.82) is 0 Å². The summed E-state index contributed by atoms with van der Waals surface area (Å²) in [5.74, 6) is -0.677. The van der Waals surface area contributed by atoms with Gasteiger partial charge in [-0.15, -0.1) is 0 Å². The van der Waals surface area contributed by atoms with E-state index >= 15 is 0 Å². The van der Waals surface area contributed by atoms with Crippen LogP contribution in [0.25, 0.3) is 0 Å². The first-order chi connectivity index (χ1) is 14.2. The first kappa shape index (κ1) is 22.4. The molecule has 0 aliphatic rings. The third kappa shape index (κ3) is 5.08. The van der Waals surface area contributed by atoms with E-state index in [1.54, 1.807) is 36.4 Å². The summed E-state index contributed by atoms with van der Waals surface area (Å²) >= 11 is 17.9. The van der Waals surface area contributed by atoms with Crippen LogP contribution >= 0.6 is 34.8 Å². The fraction of sp³-hybridized carbons (Fsp3) is 0.0952. The maximum absolute atomic E-state index is 13.0. The zero-order valence-electron chi connectivity index (χ0n) is 15.7.